The second-order valence-corrected chi connectivity index (χ2v) is 3.41. The van der Waals surface area contributed by atoms with Crippen LogP contribution in [0.15, 0.2) is 29.4 Å². The number of carbonyl (C=O) groups excluding carboxylic acids is 1. The molecule has 1 unspecified atom stereocenters. The molecular weight excluding hydrogens is 225 g/mol. The Hall–Kier alpha value is -1.99. The SMILES string of the molecule is O=C1CNNC(N/N=C/c2ccccc2F)N1. The number of nitrogens with zero attached hydrogens (tertiary/aromatic N) is 1. The summed E-state index contributed by atoms with van der Waals surface area (Å²) in [7, 11) is 0. The molecule has 0 saturated carbocycles. The fourth-order valence-electron chi connectivity index (χ4n) is 1.31. The Bertz CT molecular complexity index is 436. The topological polar surface area (TPSA) is 77.6 Å². The van der Waals surface area contributed by atoms with Crippen LogP contribution in [-0.4, -0.2) is 25.0 Å². The van der Waals surface area contributed by atoms with Gasteiger partial charge in [-0.2, -0.15) is 5.10 Å². The Labute approximate surface area is 97.2 Å². The number of benzene rings is 1. The number of hydrazine groups is 1. The molecule has 1 fully saturated rings. The Morgan fingerprint density at radius 2 is 2.29 bits per heavy atom. The fourth-order valence-corrected chi connectivity index (χ4v) is 1.31. The number of carbonyl (C=O) groups is 1. The first kappa shape index (κ1) is 11.5. The van der Waals surface area contributed by atoms with Gasteiger partial charge in [-0.3, -0.25) is 10.2 Å². The number of hydrazone groups is 1. The number of halogens is 1. The van der Waals surface area contributed by atoms with E-state index in [1.807, 2.05) is 0 Å². The van der Waals surface area contributed by atoms with Crippen LogP contribution in [0.4, 0.5) is 4.39 Å². The van der Waals surface area contributed by atoms with E-state index in [9.17, 15) is 9.18 Å². The molecule has 4 N–H and O–H groups in total. The minimum Gasteiger partial charge on any atom is -0.320 e. The minimum absolute atomic E-state index is 0.151. The van der Waals surface area contributed by atoms with Crippen LogP contribution in [0.5, 0.6) is 0 Å². The van der Waals surface area contributed by atoms with Crippen molar-refractivity contribution in [2.24, 2.45) is 5.10 Å². The summed E-state index contributed by atoms with van der Waals surface area (Å²) in [5.74, 6) is -0.501. The van der Waals surface area contributed by atoms with Crippen molar-refractivity contribution >= 4 is 12.1 Å². The molecule has 0 bridgehead atoms. The van der Waals surface area contributed by atoms with E-state index in [0.717, 1.165) is 0 Å². The minimum atomic E-state index is -0.515. The molecule has 1 aliphatic rings. The molecule has 1 aromatic rings. The molecule has 1 aromatic carbocycles. The van der Waals surface area contributed by atoms with Crippen LogP contribution in [0.1, 0.15) is 5.56 Å². The van der Waals surface area contributed by atoms with E-state index in [-0.39, 0.29) is 18.3 Å². The van der Waals surface area contributed by atoms with Gasteiger partial charge in [0, 0.05) is 5.56 Å². The third kappa shape index (κ3) is 3.23. The second-order valence-electron chi connectivity index (χ2n) is 3.41. The Balaban J connectivity index is 1.89. The van der Waals surface area contributed by atoms with Crippen molar-refractivity contribution in [3.63, 3.8) is 0 Å². The summed E-state index contributed by atoms with van der Waals surface area (Å²) in [6, 6.07) is 6.27. The van der Waals surface area contributed by atoms with E-state index in [1.54, 1.807) is 18.2 Å². The number of hydrogen-bond donors (Lipinski definition) is 4. The average molecular weight is 237 g/mol. The quantitative estimate of drug-likeness (QED) is 0.412. The number of nitrogens with one attached hydrogen (secondary N) is 4. The van der Waals surface area contributed by atoms with Gasteiger partial charge in [0.2, 0.25) is 5.91 Å². The highest BCUT2D eigenvalue weighted by Gasteiger charge is 2.14. The highest BCUT2D eigenvalue weighted by atomic mass is 19.1. The summed E-state index contributed by atoms with van der Waals surface area (Å²) in [6.07, 6.45) is 0.830. The summed E-state index contributed by atoms with van der Waals surface area (Å²) >= 11 is 0. The van der Waals surface area contributed by atoms with E-state index in [1.165, 1.54) is 12.3 Å². The Kier molecular flexibility index (Phi) is 3.63. The molecule has 1 atom stereocenters. The van der Waals surface area contributed by atoms with Gasteiger partial charge in [-0.15, -0.1) is 0 Å². The van der Waals surface area contributed by atoms with E-state index in [2.05, 4.69) is 26.7 Å². The van der Waals surface area contributed by atoms with E-state index < -0.39 is 6.29 Å². The lowest BCUT2D eigenvalue weighted by Gasteiger charge is -2.24. The molecule has 0 aromatic heterocycles. The molecular formula is C10H12FN5O. The van der Waals surface area contributed by atoms with Gasteiger partial charge in [0.1, 0.15) is 5.82 Å². The van der Waals surface area contributed by atoms with Crippen molar-refractivity contribution < 1.29 is 9.18 Å². The van der Waals surface area contributed by atoms with Crippen molar-refractivity contribution in [3.05, 3.63) is 35.6 Å². The zero-order valence-corrected chi connectivity index (χ0v) is 8.90. The monoisotopic (exact) mass is 237 g/mol. The molecule has 90 valence electrons. The van der Waals surface area contributed by atoms with E-state index >= 15 is 0 Å². The molecule has 1 amide bonds. The molecule has 0 spiro atoms. The standard InChI is InChI=1S/C10H12FN5O/c11-8-4-2-1-3-7(8)5-12-15-10-14-9(17)6-13-16-10/h1-5,10,13,15-16H,6H2,(H,14,17)/b12-5+. The molecule has 2 rings (SSSR count). The van der Waals surface area contributed by atoms with Crippen molar-refractivity contribution in [1.29, 1.82) is 0 Å². The normalized spacial score (nSPS) is 20.3. The van der Waals surface area contributed by atoms with Crippen LogP contribution >= 0.6 is 0 Å². The third-order valence-corrected chi connectivity index (χ3v) is 2.11. The molecule has 6 nitrogen and oxygen atoms in total. The van der Waals surface area contributed by atoms with Crippen molar-refractivity contribution in [2.75, 3.05) is 6.54 Å². The molecule has 0 aliphatic carbocycles. The Morgan fingerprint density at radius 3 is 3.06 bits per heavy atom. The molecule has 1 heterocycles. The van der Waals surface area contributed by atoms with E-state index in [4.69, 9.17) is 0 Å². The van der Waals surface area contributed by atoms with Crippen LogP contribution in [0.3, 0.4) is 0 Å². The maximum atomic E-state index is 13.2. The van der Waals surface area contributed by atoms with Crippen molar-refractivity contribution in [2.45, 2.75) is 6.29 Å². The van der Waals surface area contributed by atoms with E-state index in [0.29, 0.717) is 5.56 Å². The van der Waals surface area contributed by atoms with Crippen LogP contribution in [0.2, 0.25) is 0 Å². The highest BCUT2D eigenvalue weighted by molar-refractivity contribution is 5.80. The number of hydrogen-bond acceptors (Lipinski definition) is 5. The number of rotatable bonds is 3. The third-order valence-electron chi connectivity index (χ3n) is 2.11. The lowest BCUT2D eigenvalue weighted by molar-refractivity contribution is -0.123. The highest BCUT2D eigenvalue weighted by Crippen LogP contribution is 2.02. The molecule has 7 heteroatoms. The summed E-state index contributed by atoms with van der Waals surface area (Å²) in [6.45, 7) is 0.204. The summed E-state index contributed by atoms with van der Waals surface area (Å²) < 4.78 is 13.2. The Morgan fingerprint density at radius 1 is 1.47 bits per heavy atom. The van der Waals surface area contributed by atoms with Gasteiger partial charge in [-0.25, -0.2) is 15.2 Å². The molecule has 1 saturated heterocycles. The van der Waals surface area contributed by atoms with Crippen molar-refractivity contribution in [1.82, 2.24) is 21.6 Å². The average Bonchev–Trinajstić information content (AvgIpc) is 2.32. The molecule has 1 aliphatic heterocycles. The predicted octanol–water partition coefficient (Wildman–Crippen LogP) is -0.743. The largest absolute Gasteiger partial charge is 0.320 e. The lowest BCUT2D eigenvalue weighted by Crippen LogP contribution is -2.64. The van der Waals surface area contributed by atoms with Gasteiger partial charge in [-0.1, -0.05) is 18.2 Å². The van der Waals surface area contributed by atoms with Gasteiger partial charge >= 0.3 is 0 Å². The summed E-state index contributed by atoms with van der Waals surface area (Å²) in [5, 5.41) is 6.41. The zero-order valence-electron chi connectivity index (χ0n) is 8.90. The maximum Gasteiger partial charge on any atom is 0.238 e. The maximum absolute atomic E-state index is 13.2. The van der Waals surface area contributed by atoms with Crippen LogP contribution in [0, 0.1) is 5.82 Å². The first-order chi connectivity index (χ1) is 8.25. The number of amides is 1. The van der Waals surface area contributed by atoms with Crippen LogP contribution in [-0.2, 0) is 4.79 Å². The second kappa shape index (κ2) is 5.37. The molecule has 17 heavy (non-hydrogen) atoms. The summed E-state index contributed by atoms with van der Waals surface area (Å²) in [5.41, 5.74) is 8.42. The van der Waals surface area contributed by atoms with Crippen molar-refractivity contribution in [3.8, 4) is 0 Å². The van der Waals surface area contributed by atoms with Gasteiger partial charge in [0.15, 0.2) is 6.29 Å². The molecule has 0 radical (unpaired) electrons. The first-order valence-corrected chi connectivity index (χ1v) is 5.06. The summed E-state index contributed by atoms with van der Waals surface area (Å²) in [4.78, 5) is 11.0. The van der Waals surface area contributed by atoms with Gasteiger partial charge in [0.05, 0.1) is 12.8 Å². The lowest BCUT2D eigenvalue weighted by atomic mass is 10.2. The predicted molar refractivity (Wildman–Crippen MR) is 60.2 cm³/mol. The fraction of sp³-hybridized carbons (Fsp3) is 0.200. The first-order valence-electron chi connectivity index (χ1n) is 5.06. The van der Waals surface area contributed by atoms with Gasteiger partial charge in [0.25, 0.3) is 0 Å². The smallest absolute Gasteiger partial charge is 0.238 e. The zero-order chi connectivity index (χ0) is 12.1. The van der Waals surface area contributed by atoms with Crippen LogP contribution < -0.4 is 21.6 Å². The van der Waals surface area contributed by atoms with Gasteiger partial charge < -0.3 is 5.32 Å². The van der Waals surface area contributed by atoms with Crippen LogP contribution in [0.25, 0.3) is 0 Å². The van der Waals surface area contributed by atoms with Gasteiger partial charge in [-0.05, 0) is 6.07 Å².